The van der Waals surface area contributed by atoms with Crippen LogP contribution in [0.15, 0.2) is 48.8 Å². The Bertz CT molecular complexity index is 552. The number of hydrogen-bond donors (Lipinski definition) is 2. The molecule has 1 amide bonds. The molecule has 21 heavy (non-hydrogen) atoms. The first-order valence-electron chi connectivity index (χ1n) is 7.35. The van der Waals surface area contributed by atoms with Gasteiger partial charge in [0.05, 0.1) is 5.56 Å². The Balaban J connectivity index is 1.86. The molecule has 0 unspecified atom stereocenters. The quantitative estimate of drug-likeness (QED) is 0.757. The molecule has 4 nitrogen and oxygen atoms in total. The summed E-state index contributed by atoms with van der Waals surface area (Å²) in [6, 6.07) is 11.2. The monoisotopic (exact) mass is 283 g/mol. The molecule has 0 fully saturated rings. The number of nitrogens with zero attached hydrogens (tertiary/aromatic N) is 1. The van der Waals surface area contributed by atoms with Crippen LogP contribution in [0.5, 0.6) is 0 Å². The largest absolute Gasteiger partial charge is 0.385 e. The number of nitrogens with one attached hydrogen (secondary N) is 2. The van der Waals surface area contributed by atoms with E-state index >= 15 is 0 Å². The van der Waals surface area contributed by atoms with Crippen LogP contribution in [-0.4, -0.2) is 17.4 Å². The van der Waals surface area contributed by atoms with Gasteiger partial charge >= 0.3 is 0 Å². The molecule has 0 atom stereocenters. The average Bonchev–Trinajstić information content (AvgIpc) is 2.54. The lowest BCUT2D eigenvalue weighted by atomic mass is 10.2. The fraction of sp³-hybridized carbons (Fsp3) is 0.294. The van der Waals surface area contributed by atoms with E-state index in [1.807, 2.05) is 24.3 Å². The molecule has 110 valence electrons. The van der Waals surface area contributed by atoms with E-state index in [1.54, 1.807) is 24.5 Å². The lowest BCUT2D eigenvalue weighted by Gasteiger charge is -2.08. The van der Waals surface area contributed by atoms with Crippen molar-refractivity contribution >= 4 is 17.3 Å². The third-order valence-electron chi connectivity index (χ3n) is 3.18. The minimum Gasteiger partial charge on any atom is -0.385 e. The highest BCUT2D eigenvalue weighted by molar-refractivity contribution is 6.04. The number of amides is 1. The Morgan fingerprint density at radius 3 is 2.52 bits per heavy atom. The van der Waals surface area contributed by atoms with E-state index in [0.29, 0.717) is 5.56 Å². The molecule has 0 saturated carbocycles. The number of hydrogen-bond acceptors (Lipinski definition) is 3. The summed E-state index contributed by atoms with van der Waals surface area (Å²) in [5.41, 5.74) is 2.41. The van der Waals surface area contributed by atoms with Crippen LogP contribution in [0, 0.1) is 0 Å². The fourth-order valence-corrected chi connectivity index (χ4v) is 1.98. The highest BCUT2D eigenvalue weighted by Crippen LogP contribution is 2.14. The standard InChI is InChI=1S/C17H21N3O/c1-2-3-4-12-19-15-7-9-16(10-8-15)20-17(21)14-6-5-11-18-13-14/h5-11,13,19H,2-4,12H2,1H3,(H,20,21). The molecule has 4 heteroatoms. The van der Waals surface area contributed by atoms with Crippen molar-refractivity contribution in [2.45, 2.75) is 26.2 Å². The predicted molar refractivity (Wildman–Crippen MR) is 86.6 cm³/mol. The van der Waals surface area contributed by atoms with Crippen molar-refractivity contribution in [1.82, 2.24) is 4.98 Å². The van der Waals surface area contributed by atoms with Crippen molar-refractivity contribution in [3.63, 3.8) is 0 Å². The average molecular weight is 283 g/mol. The summed E-state index contributed by atoms with van der Waals surface area (Å²) in [5, 5.41) is 6.22. The van der Waals surface area contributed by atoms with E-state index in [2.05, 4.69) is 22.5 Å². The van der Waals surface area contributed by atoms with E-state index in [0.717, 1.165) is 17.9 Å². The maximum atomic E-state index is 12.0. The molecule has 0 radical (unpaired) electrons. The van der Waals surface area contributed by atoms with E-state index in [9.17, 15) is 4.79 Å². The van der Waals surface area contributed by atoms with Crippen LogP contribution in [0.3, 0.4) is 0 Å². The summed E-state index contributed by atoms with van der Waals surface area (Å²) in [7, 11) is 0. The van der Waals surface area contributed by atoms with Gasteiger partial charge in [-0.3, -0.25) is 9.78 Å². The van der Waals surface area contributed by atoms with Gasteiger partial charge in [-0.05, 0) is 42.8 Å². The Hall–Kier alpha value is -2.36. The van der Waals surface area contributed by atoms with Crippen molar-refractivity contribution in [3.8, 4) is 0 Å². The van der Waals surface area contributed by atoms with Gasteiger partial charge in [-0.25, -0.2) is 0 Å². The van der Waals surface area contributed by atoms with Gasteiger partial charge in [-0.1, -0.05) is 19.8 Å². The molecule has 0 aliphatic heterocycles. The lowest BCUT2D eigenvalue weighted by molar-refractivity contribution is 0.102. The number of unbranched alkanes of at least 4 members (excludes halogenated alkanes) is 2. The molecule has 2 aromatic rings. The van der Waals surface area contributed by atoms with Gasteiger partial charge in [-0.15, -0.1) is 0 Å². The number of rotatable bonds is 7. The molecule has 0 spiro atoms. The molecule has 1 aromatic carbocycles. The second-order valence-corrected chi connectivity index (χ2v) is 4.91. The molecule has 2 rings (SSSR count). The SMILES string of the molecule is CCCCCNc1ccc(NC(=O)c2cccnc2)cc1. The van der Waals surface area contributed by atoms with Crippen LogP contribution in [0.25, 0.3) is 0 Å². The minimum atomic E-state index is -0.147. The van der Waals surface area contributed by atoms with Crippen molar-refractivity contribution in [2.24, 2.45) is 0 Å². The Morgan fingerprint density at radius 1 is 1.10 bits per heavy atom. The van der Waals surface area contributed by atoms with Crippen LogP contribution in [0.4, 0.5) is 11.4 Å². The first-order valence-corrected chi connectivity index (χ1v) is 7.35. The van der Waals surface area contributed by atoms with Gasteiger partial charge in [0.25, 0.3) is 5.91 Å². The van der Waals surface area contributed by atoms with Crippen molar-refractivity contribution in [3.05, 3.63) is 54.4 Å². The number of benzene rings is 1. The van der Waals surface area contributed by atoms with E-state index < -0.39 is 0 Å². The van der Waals surface area contributed by atoms with Crippen molar-refractivity contribution < 1.29 is 4.79 Å². The maximum Gasteiger partial charge on any atom is 0.257 e. The molecule has 0 saturated heterocycles. The number of aromatic nitrogens is 1. The molecule has 0 aliphatic rings. The molecule has 1 heterocycles. The summed E-state index contributed by atoms with van der Waals surface area (Å²) in [4.78, 5) is 15.9. The zero-order chi connectivity index (χ0) is 14.9. The highest BCUT2D eigenvalue weighted by Gasteiger charge is 2.05. The maximum absolute atomic E-state index is 12.0. The third kappa shape index (κ3) is 4.91. The summed E-state index contributed by atoms with van der Waals surface area (Å²) in [6.45, 7) is 3.18. The van der Waals surface area contributed by atoms with Gasteiger partial charge in [0.1, 0.15) is 0 Å². The van der Waals surface area contributed by atoms with Crippen LogP contribution in [0.1, 0.15) is 36.5 Å². The normalized spacial score (nSPS) is 10.1. The predicted octanol–water partition coefficient (Wildman–Crippen LogP) is 3.94. The van der Waals surface area contributed by atoms with Gasteiger partial charge < -0.3 is 10.6 Å². The molecule has 1 aromatic heterocycles. The topological polar surface area (TPSA) is 54.0 Å². The Kier molecular flexibility index (Phi) is 5.76. The van der Waals surface area contributed by atoms with Gasteiger partial charge in [-0.2, -0.15) is 0 Å². The van der Waals surface area contributed by atoms with Gasteiger partial charge in [0.15, 0.2) is 0 Å². The first kappa shape index (κ1) is 15.0. The van der Waals surface area contributed by atoms with Crippen LogP contribution >= 0.6 is 0 Å². The van der Waals surface area contributed by atoms with E-state index in [-0.39, 0.29) is 5.91 Å². The summed E-state index contributed by atoms with van der Waals surface area (Å²) >= 11 is 0. The zero-order valence-electron chi connectivity index (χ0n) is 12.3. The van der Waals surface area contributed by atoms with Gasteiger partial charge in [0.2, 0.25) is 0 Å². The second kappa shape index (κ2) is 8.04. The molecule has 0 aliphatic carbocycles. The van der Waals surface area contributed by atoms with E-state index in [4.69, 9.17) is 0 Å². The van der Waals surface area contributed by atoms with E-state index in [1.165, 1.54) is 19.3 Å². The van der Waals surface area contributed by atoms with Crippen LogP contribution < -0.4 is 10.6 Å². The van der Waals surface area contributed by atoms with Gasteiger partial charge in [0, 0.05) is 30.3 Å². The first-order chi connectivity index (χ1) is 10.3. The molecule has 2 N–H and O–H groups in total. The number of carbonyl (C=O) groups is 1. The summed E-state index contributed by atoms with van der Waals surface area (Å²) < 4.78 is 0. The van der Waals surface area contributed by atoms with Crippen molar-refractivity contribution in [1.29, 1.82) is 0 Å². The highest BCUT2D eigenvalue weighted by atomic mass is 16.1. The molecule has 0 bridgehead atoms. The Labute approximate surface area is 125 Å². The summed E-state index contributed by atoms with van der Waals surface area (Å²) in [6.07, 6.45) is 6.85. The number of carbonyl (C=O) groups excluding carboxylic acids is 1. The molecular formula is C17H21N3O. The zero-order valence-corrected chi connectivity index (χ0v) is 12.3. The number of anilines is 2. The minimum absolute atomic E-state index is 0.147. The summed E-state index contributed by atoms with van der Waals surface area (Å²) in [5.74, 6) is -0.147. The third-order valence-corrected chi connectivity index (χ3v) is 3.18. The number of pyridine rings is 1. The lowest BCUT2D eigenvalue weighted by Crippen LogP contribution is -2.12. The van der Waals surface area contributed by atoms with Crippen molar-refractivity contribution in [2.75, 3.05) is 17.2 Å². The smallest absolute Gasteiger partial charge is 0.257 e. The van der Waals surface area contributed by atoms with Crippen LogP contribution in [-0.2, 0) is 0 Å². The molecular weight excluding hydrogens is 262 g/mol. The second-order valence-electron chi connectivity index (χ2n) is 4.91. The Morgan fingerprint density at radius 2 is 1.86 bits per heavy atom. The fourth-order valence-electron chi connectivity index (χ4n) is 1.98. The van der Waals surface area contributed by atoms with Crippen LogP contribution in [0.2, 0.25) is 0 Å².